The quantitative estimate of drug-likeness (QED) is 0.650. The number of alkyl halides is 1. The van der Waals surface area contributed by atoms with Gasteiger partial charge in [-0.05, 0) is 24.7 Å². The van der Waals surface area contributed by atoms with Crippen molar-refractivity contribution in [2.24, 2.45) is 11.8 Å². The van der Waals surface area contributed by atoms with Gasteiger partial charge in [0.25, 0.3) is 0 Å². The molecule has 0 aromatic rings. The Morgan fingerprint density at radius 1 is 1.47 bits per heavy atom. The summed E-state index contributed by atoms with van der Waals surface area (Å²) in [5, 5.41) is 0. The number of halogens is 1. The van der Waals surface area contributed by atoms with Crippen LogP contribution in [0.4, 0.5) is 0 Å². The highest BCUT2D eigenvalue weighted by Gasteiger charge is 2.30. The van der Waals surface area contributed by atoms with E-state index in [1.165, 1.54) is 12.8 Å². The highest BCUT2D eigenvalue weighted by Crippen LogP contribution is 2.30. The summed E-state index contributed by atoms with van der Waals surface area (Å²) in [5.41, 5.74) is 0. The van der Waals surface area contributed by atoms with E-state index >= 15 is 0 Å². The van der Waals surface area contributed by atoms with Gasteiger partial charge in [0.05, 0.1) is 5.75 Å². The summed E-state index contributed by atoms with van der Waals surface area (Å²) in [4.78, 5) is 0. The molecule has 5 heteroatoms. The van der Waals surface area contributed by atoms with E-state index in [0.717, 1.165) is 0 Å². The number of hydrogen-bond acceptors (Lipinski definition) is 2. The molecule has 1 rings (SSSR count). The Labute approximate surface area is 97.8 Å². The highest BCUT2D eigenvalue weighted by atomic mass is 35.5. The molecule has 1 fully saturated rings. The number of nitrogens with zero attached hydrogens (tertiary/aromatic N) is 1. The standard InChI is InChI=1S/C10H20ClNO2S/c1-3-12(7-10-4-5-10)15(13,14)8-9(2)6-11/h9-10H,3-8H2,1-2H3. The average molecular weight is 254 g/mol. The second kappa shape index (κ2) is 5.51. The second-order valence-corrected chi connectivity index (χ2v) is 6.75. The van der Waals surface area contributed by atoms with Crippen LogP contribution in [-0.4, -0.2) is 37.4 Å². The lowest BCUT2D eigenvalue weighted by molar-refractivity contribution is 0.408. The Hall–Kier alpha value is 0.200. The van der Waals surface area contributed by atoms with Crippen molar-refractivity contribution in [3.63, 3.8) is 0 Å². The predicted molar refractivity (Wildman–Crippen MR) is 63.6 cm³/mol. The predicted octanol–water partition coefficient (Wildman–Crippen LogP) is 1.92. The van der Waals surface area contributed by atoms with Crippen molar-refractivity contribution in [3.8, 4) is 0 Å². The summed E-state index contributed by atoms with van der Waals surface area (Å²) >= 11 is 5.64. The van der Waals surface area contributed by atoms with Gasteiger partial charge >= 0.3 is 0 Å². The minimum atomic E-state index is -3.09. The molecule has 1 atom stereocenters. The van der Waals surface area contributed by atoms with Gasteiger partial charge in [0.1, 0.15) is 0 Å². The molecule has 0 radical (unpaired) electrons. The number of sulfonamides is 1. The molecule has 0 spiro atoms. The summed E-state index contributed by atoms with van der Waals surface area (Å²) in [6.07, 6.45) is 2.36. The molecule has 1 unspecified atom stereocenters. The Balaban J connectivity index is 2.54. The third-order valence-electron chi connectivity index (χ3n) is 2.66. The van der Waals surface area contributed by atoms with E-state index in [2.05, 4.69) is 0 Å². The molecule has 90 valence electrons. The van der Waals surface area contributed by atoms with Crippen LogP contribution in [0.15, 0.2) is 0 Å². The molecule has 0 amide bonds. The number of hydrogen-bond donors (Lipinski definition) is 0. The third-order valence-corrected chi connectivity index (χ3v) is 5.37. The lowest BCUT2D eigenvalue weighted by atomic mass is 10.3. The van der Waals surface area contributed by atoms with Gasteiger partial charge in [-0.2, -0.15) is 0 Å². The summed E-state index contributed by atoms with van der Waals surface area (Å²) in [6, 6.07) is 0. The van der Waals surface area contributed by atoms with E-state index in [0.29, 0.717) is 24.9 Å². The lowest BCUT2D eigenvalue weighted by Crippen LogP contribution is -2.36. The molecule has 1 aliphatic carbocycles. The second-order valence-electron chi connectivity index (χ2n) is 4.43. The summed E-state index contributed by atoms with van der Waals surface area (Å²) in [5.74, 6) is 1.22. The minimum absolute atomic E-state index is 0.0323. The lowest BCUT2D eigenvalue weighted by Gasteiger charge is -2.21. The van der Waals surface area contributed by atoms with Crippen molar-refractivity contribution in [2.75, 3.05) is 24.7 Å². The monoisotopic (exact) mass is 253 g/mol. The van der Waals surface area contributed by atoms with Gasteiger partial charge in [-0.25, -0.2) is 12.7 Å². The van der Waals surface area contributed by atoms with Gasteiger partial charge in [0.15, 0.2) is 0 Å². The van der Waals surface area contributed by atoms with E-state index in [9.17, 15) is 8.42 Å². The van der Waals surface area contributed by atoms with Gasteiger partial charge in [0.2, 0.25) is 10.0 Å². The molecular formula is C10H20ClNO2S. The van der Waals surface area contributed by atoms with E-state index in [-0.39, 0.29) is 11.7 Å². The largest absolute Gasteiger partial charge is 0.214 e. The van der Waals surface area contributed by atoms with E-state index in [4.69, 9.17) is 11.6 Å². The smallest absolute Gasteiger partial charge is 0.212 e. The molecule has 0 aromatic carbocycles. The van der Waals surface area contributed by atoms with Crippen LogP contribution in [0.25, 0.3) is 0 Å². The molecule has 1 aliphatic rings. The Morgan fingerprint density at radius 2 is 2.07 bits per heavy atom. The van der Waals surface area contributed by atoms with Crippen LogP contribution < -0.4 is 0 Å². The zero-order valence-corrected chi connectivity index (χ0v) is 11.0. The van der Waals surface area contributed by atoms with Gasteiger partial charge in [-0.1, -0.05) is 13.8 Å². The molecule has 15 heavy (non-hydrogen) atoms. The van der Waals surface area contributed by atoms with Gasteiger partial charge < -0.3 is 0 Å². The van der Waals surface area contributed by atoms with Crippen molar-refractivity contribution in [2.45, 2.75) is 26.7 Å². The van der Waals surface area contributed by atoms with Crippen molar-refractivity contribution < 1.29 is 8.42 Å². The SMILES string of the molecule is CCN(CC1CC1)S(=O)(=O)CC(C)CCl. The fourth-order valence-electron chi connectivity index (χ4n) is 1.54. The third kappa shape index (κ3) is 4.29. The Kier molecular flexibility index (Phi) is 4.87. The fraction of sp³-hybridized carbons (Fsp3) is 1.00. The summed E-state index contributed by atoms with van der Waals surface area (Å²) in [6.45, 7) is 5.04. The maximum Gasteiger partial charge on any atom is 0.214 e. The average Bonchev–Trinajstić information content (AvgIpc) is 2.96. The van der Waals surface area contributed by atoms with Crippen molar-refractivity contribution in [1.29, 1.82) is 0 Å². The van der Waals surface area contributed by atoms with E-state index in [1.54, 1.807) is 4.31 Å². The van der Waals surface area contributed by atoms with Crippen LogP contribution in [-0.2, 0) is 10.0 Å². The first-order valence-corrected chi connectivity index (χ1v) is 7.67. The van der Waals surface area contributed by atoms with Crippen LogP contribution in [0.1, 0.15) is 26.7 Å². The molecular weight excluding hydrogens is 234 g/mol. The first-order chi connectivity index (χ1) is 6.99. The summed E-state index contributed by atoms with van der Waals surface area (Å²) in [7, 11) is -3.09. The molecule has 0 aliphatic heterocycles. The van der Waals surface area contributed by atoms with Crippen molar-refractivity contribution in [1.82, 2.24) is 4.31 Å². The molecule has 1 saturated carbocycles. The van der Waals surface area contributed by atoms with Crippen LogP contribution in [0.2, 0.25) is 0 Å². The van der Waals surface area contributed by atoms with Crippen LogP contribution in [0, 0.1) is 11.8 Å². The Bertz CT molecular complexity index is 288. The van der Waals surface area contributed by atoms with Crippen molar-refractivity contribution in [3.05, 3.63) is 0 Å². The zero-order valence-electron chi connectivity index (χ0n) is 9.45. The fourth-order valence-corrected chi connectivity index (χ4v) is 3.65. The highest BCUT2D eigenvalue weighted by molar-refractivity contribution is 7.89. The molecule has 0 heterocycles. The number of rotatable bonds is 7. The first kappa shape index (κ1) is 13.3. The van der Waals surface area contributed by atoms with Gasteiger partial charge in [-0.3, -0.25) is 0 Å². The van der Waals surface area contributed by atoms with Crippen LogP contribution in [0.3, 0.4) is 0 Å². The topological polar surface area (TPSA) is 37.4 Å². The van der Waals surface area contributed by atoms with Crippen LogP contribution >= 0.6 is 11.6 Å². The molecule has 0 bridgehead atoms. The first-order valence-electron chi connectivity index (χ1n) is 5.53. The Morgan fingerprint density at radius 3 is 2.47 bits per heavy atom. The summed E-state index contributed by atoms with van der Waals surface area (Å²) < 4.78 is 25.5. The normalized spacial score (nSPS) is 19.5. The molecule has 0 saturated heterocycles. The maximum absolute atomic E-state index is 12.0. The van der Waals surface area contributed by atoms with E-state index in [1.807, 2.05) is 13.8 Å². The molecule has 0 N–H and O–H groups in total. The minimum Gasteiger partial charge on any atom is -0.212 e. The van der Waals surface area contributed by atoms with Crippen LogP contribution in [0.5, 0.6) is 0 Å². The van der Waals surface area contributed by atoms with Gasteiger partial charge in [0, 0.05) is 19.0 Å². The molecule has 3 nitrogen and oxygen atoms in total. The van der Waals surface area contributed by atoms with Crippen molar-refractivity contribution >= 4 is 21.6 Å². The van der Waals surface area contributed by atoms with Gasteiger partial charge in [-0.15, -0.1) is 11.6 Å². The molecule has 0 aromatic heterocycles. The zero-order chi connectivity index (χ0) is 11.5. The van der Waals surface area contributed by atoms with E-state index < -0.39 is 10.0 Å². The maximum atomic E-state index is 12.0.